The summed E-state index contributed by atoms with van der Waals surface area (Å²) < 4.78 is 6.27. The van der Waals surface area contributed by atoms with Gasteiger partial charge in [0.25, 0.3) is 0 Å². The highest BCUT2D eigenvalue weighted by molar-refractivity contribution is 6.62. The zero-order valence-electron chi connectivity index (χ0n) is 12.7. The summed E-state index contributed by atoms with van der Waals surface area (Å²) >= 11 is 0. The predicted octanol–water partition coefficient (Wildman–Crippen LogP) is 3.69. The minimum absolute atomic E-state index is 0.0535. The first-order valence-corrected chi connectivity index (χ1v) is 6.91. The molecule has 0 aliphatic carbocycles. The van der Waals surface area contributed by atoms with Crippen LogP contribution in [0.25, 0.3) is 0 Å². The summed E-state index contributed by atoms with van der Waals surface area (Å²) in [7, 11) is 0. The zero-order valence-corrected chi connectivity index (χ0v) is 12.7. The molecule has 0 radical (unpaired) electrons. The molecule has 2 unspecified atom stereocenters. The van der Waals surface area contributed by atoms with E-state index in [1.54, 1.807) is 0 Å². The van der Waals surface area contributed by atoms with E-state index in [9.17, 15) is 0 Å². The van der Waals surface area contributed by atoms with Gasteiger partial charge in [-0.25, -0.2) is 0 Å². The molecule has 0 aromatic heterocycles. The molecule has 1 heterocycles. The van der Waals surface area contributed by atoms with Gasteiger partial charge in [0.2, 0.25) is 0 Å². The van der Waals surface area contributed by atoms with Crippen LogP contribution < -0.4 is 0 Å². The molecule has 100 valence electrons. The SMILES string of the molecule is C#CC(C)(C=NCC)B1CC(C)(CC)C(C)(C)O1. The monoisotopic (exact) mass is 247 g/mol. The fourth-order valence-corrected chi connectivity index (χ4v) is 2.59. The van der Waals surface area contributed by atoms with Gasteiger partial charge in [-0.1, -0.05) is 19.8 Å². The quantitative estimate of drug-likeness (QED) is 0.422. The van der Waals surface area contributed by atoms with Crippen molar-refractivity contribution in [2.45, 2.75) is 65.2 Å². The minimum atomic E-state index is -0.403. The van der Waals surface area contributed by atoms with Crippen LogP contribution in [-0.2, 0) is 4.65 Å². The Morgan fingerprint density at radius 2 is 2.06 bits per heavy atom. The van der Waals surface area contributed by atoms with Gasteiger partial charge in [-0.15, -0.1) is 6.42 Å². The van der Waals surface area contributed by atoms with Crippen LogP contribution in [0.2, 0.25) is 11.6 Å². The lowest BCUT2D eigenvalue weighted by atomic mass is 9.43. The van der Waals surface area contributed by atoms with Gasteiger partial charge in [0.1, 0.15) is 0 Å². The largest absolute Gasteiger partial charge is 0.429 e. The topological polar surface area (TPSA) is 21.6 Å². The summed E-state index contributed by atoms with van der Waals surface area (Å²) in [6.45, 7) is 13.7. The molecule has 0 aromatic carbocycles. The van der Waals surface area contributed by atoms with E-state index in [1.807, 2.05) is 20.1 Å². The van der Waals surface area contributed by atoms with E-state index in [2.05, 4.69) is 38.6 Å². The maximum absolute atomic E-state index is 6.27. The fourth-order valence-electron chi connectivity index (χ4n) is 2.59. The molecule has 1 aliphatic rings. The second-order valence-electron chi connectivity index (χ2n) is 6.29. The van der Waals surface area contributed by atoms with Crippen molar-refractivity contribution in [3.63, 3.8) is 0 Å². The van der Waals surface area contributed by atoms with Crippen molar-refractivity contribution in [1.82, 2.24) is 0 Å². The van der Waals surface area contributed by atoms with Crippen molar-refractivity contribution in [3.8, 4) is 12.3 Å². The number of nitrogens with zero attached hydrogens (tertiary/aromatic N) is 1. The molecule has 1 fully saturated rings. The van der Waals surface area contributed by atoms with Crippen LogP contribution in [0, 0.1) is 17.8 Å². The van der Waals surface area contributed by atoms with E-state index in [-0.39, 0.29) is 17.9 Å². The third kappa shape index (κ3) is 2.49. The smallest absolute Gasteiger partial charge is 0.317 e. The lowest BCUT2D eigenvalue weighted by molar-refractivity contribution is 0.0212. The summed E-state index contributed by atoms with van der Waals surface area (Å²) in [6.07, 6.45) is 9.72. The van der Waals surface area contributed by atoms with Crippen LogP contribution in [0.3, 0.4) is 0 Å². The summed E-state index contributed by atoms with van der Waals surface area (Å²) in [5.41, 5.74) is 0.0421. The Morgan fingerprint density at radius 3 is 2.44 bits per heavy atom. The van der Waals surface area contributed by atoms with E-state index < -0.39 is 5.31 Å². The van der Waals surface area contributed by atoms with Gasteiger partial charge in [0.05, 0.1) is 10.9 Å². The molecule has 1 aliphatic heterocycles. The van der Waals surface area contributed by atoms with Gasteiger partial charge in [-0.05, 0) is 45.9 Å². The van der Waals surface area contributed by atoms with Crippen molar-refractivity contribution in [1.29, 1.82) is 0 Å². The number of aliphatic imine (C=N–C) groups is 1. The summed E-state index contributed by atoms with van der Waals surface area (Å²) in [6, 6.07) is 0. The lowest BCUT2D eigenvalue weighted by Crippen LogP contribution is -2.37. The van der Waals surface area contributed by atoms with Crippen LogP contribution in [0.4, 0.5) is 0 Å². The maximum Gasteiger partial charge on any atom is 0.317 e. The highest BCUT2D eigenvalue weighted by Crippen LogP contribution is 2.52. The molecule has 2 atom stereocenters. The molecule has 0 spiro atoms. The van der Waals surface area contributed by atoms with E-state index in [0.717, 1.165) is 19.3 Å². The van der Waals surface area contributed by atoms with Crippen molar-refractivity contribution >= 4 is 13.1 Å². The average molecular weight is 247 g/mol. The summed E-state index contributed by atoms with van der Waals surface area (Å²) in [4.78, 5) is 4.33. The maximum atomic E-state index is 6.27. The molecule has 2 nitrogen and oxygen atoms in total. The average Bonchev–Trinajstić information content (AvgIpc) is 2.58. The fraction of sp³-hybridized carbons (Fsp3) is 0.800. The first kappa shape index (κ1) is 15.3. The van der Waals surface area contributed by atoms with Crippen LogP contribution in [0.1, 0.15) is 48.0 Å². The molecule has 0 N–H and O–H groups in total. The third-order valence-electron chi connectivity index (χ3n) is 4.83. The van der Waals surface area contributed by atoms with Gasteiger partial charge in [-0.3, -0.25) is 4.99 Å². The number of hydrogen-bond acceptors (Lipinski definition) is 2. The van der Waals surface area contributed by atoms with E-state index in [1.165, 1.54) is 0 Å². The molecule has 0 bridgehead atoms. The first-order valence-electron chi connectivity index (χ1n) is 6.91. The summed E-state index contributed by atoms with van der Waals surface area (Å²) in [5, 5.41) is -0.403. The lowest BCUT2D eigenvalue weighted by Gasteiger charge is -2.37. The first-order chi connectivity index (χ1) is 8.24. The Bertz CT molecular complexity index is 371. The molecule has 18 heavy (non-hydrogen) atoms. The van der Waals surface area contributed by atoms with Crippen molar-refractivity contribution < 1.29 is 4.65 Å². The van der Waals surface area contributed by atoms with Crippen LogP contribution in [0.15, 0.2) is 4.99 Å². The Morgan fingerprint density at radius 1 is 1.44 bits per heavy atom. The van der Waals surface area contributed by atoms with Gasteiger partial charge in [0.15, 0.2) is 0 Å². The molecule has 1 rings (SSSR count). The Hall–Kier alpha value is -0.745. The van der Waals surface area contributed by atoms with E-state index >= 15 is 0 Å². The second kappa shape index (κ2) is 5.09. The van der Waals surface area contributed by atoms with Crippen LogP contribution >= 0.6 is 0 Å². The Balaban J connectivity index is 3.01. The van der Waals surface area contributed by atoms with Gasteiger partial charge in [0, 0.05) is 12.8 Å². The minimum Gasteiger partial charge on any atom is -0.429 e. The number of hydrogen-bond donors (Lipinski definition) is 0. The van der Waals surface area contributed by atoms with Gasteiger partial charge < -0.3 is 4.65 Å². The number of terminal acetylenes is 1. The van der Waals surface area contributed by atoms with Crippen molar-refractivity contribution in [2.75, 3.05) is 6.54 Å². The molecule has 1 saturated heterocycles. The molecular weight excluding hydrogens is 221 g/mol. The van der Waals surface area contributed by atoms with Gasteiger partial charge >= 0.3 is 6.92 Å². The normalized spacial score (nSPS) is 30.4. The van der Waals surface area contributed by atoms with E-state index in [0.29, 0.717) is 0 Å². The Labute approximate surface area is 113 Å². The molecule has 3 heteroatoms. The van der Waals surface area contributed by atoms with Crippen LogP contribution in [0.5, 0.6) is 0 Å². The Kier molecular flexibility index (Phi) is 4.33. The van der Waals surface area contributed by atoms with Crippen LogP contribution in [-0.4, -0.2) is 25.3 Å². The highest BCUT2D eigenvalue weighted by Gasteiger charge is 2.56. The standard InChI is InChI=1S/C15H26BNO/c1-8-14(6)11-16(18-13(14,4)5)15(7,9-2)12-17-10-3/h2,12H,8,10-11H2,1,3-7H3. The molecule has 0 saturated carbocycles. The van der Waals surface area contributed by atoms with Crippen molar-refractivity contribution in [3.05, 3.63) is 0 Å². The van der Waals surface area contributed by atoms with E-state index in [4.69, 9.17) is 11.1 Å². The number of rotatable bonds is 4. The second-order valence-corrected chi connectivity index (χ2v) is 6.29. The van der Waals surface area contributed by atoms with Crippen molar-refractivity contribution in [2.24, 2.45) is 10.4 Å². The molecule has 0 aromatic rings. The molecular formula is C15H26BNO. The predicted molar refractivity (Wildman–Crippen MR) is 80.4 cm³/mol. The molecule has 0 amide bonds. The van der Waals surface area contributed by atoms with Gasteiger partial charge in [-0.2, -0.15) is 0 Å². The summed E-state index contributed by atoms with van der Waals surface area (Å²) in [5.74, 6) is 2.88. The third-order valence-corrected chi connectivity index (χ3v) is 4.83. The highest BCUT2D eigenvalue weighted by atomic mass is 16.5. The zero-order chi connectivity index (χ0) is 14.0.